The van der Waals surface area contributed by atoms with Crippen LogP contribution in [0.4, 0.5) is 0 Å². The molecule has 1 aromatic carbocycles. The van der Waals surface area contributed by atoms with Crippen molar-refractivity contribution in [2.45, 2.75) is 39.7 Å². The molecular formula is C17H20ClNO. The minimum absolute atomic E-state index is 0.0125. The van der Waals surface area contributed by atoms with E-state index in [1.807, 2.05) is 26.8 Å². The molecular weight excluding hydrogens is 270 g/mol. The minimum atomic E-state index is 0.0125. The third kappa shape index (κ3) is 2.16. The van der Waals surface area contributed by atoms with E-state index in [2.05, 4.69) is 17.5 Å². The van der Waals surface area contributed by atoms with Gasteiger partial charge in [0.2, 0.25) is 0 Å². The molecule has 1 fully saturated rings. The lowest BCUT2D eigenvalue weighted by atomic mass is 9.98. The van der Waals surface area contributed by atoms with E-state index < -0.39 is 0 Å². The third-order valence-corrected chi connectivity index (χ3v) is 5.42. The number of aryl methyl sites for hydroxylation is 1. The predicted molar refractivity (Wildman–Crippen MR) is 82.3 cm³/mol. The largest absolute Gasteiger partial charge is 0.349 e. The van der Waals surface area contributed by atoms with Gasteiger partial charge in [0.25, 0.3) is 5.91 Å². The number of nitrogens with one attached hydrogen (secondary N) is 1. The van der Waals surface area contributed by atoms with E-state index in [1.165, 1.54) is 6.42 Å². The molecule has 0 aliphatic heterocycles. The van der Waals surface area contributed by atoms with Gasteiger partial charge in [-0.1, -0.05) is 23.8 Å². The molecule has 0 heterocycles. The van der Waals surface area contributed by atoms with Crippen molar-refractivity contribution in [2.75, 3.05) is 0 Å². The van der Waals surface area contributed by atoms with Crippen LogP contribution in [0.15, 0.2) is 18.2 Å². The molecule has 2 bridgehead atoms. The maximum atomic E-state index is 12.5. The third-order valence-electron chi connectivity index (χ3n) is 4.85. The predicted octanol–water partition coefficient (Wildman–Crippen LogP) is 3.96. The summed E-state index contributed by atoms with van der Waals surface area (Å²) in [6.07, 6.45) is 6.80. The highest BCUT2D eigenvalue weighted by molar-refractivity contribution is 6.32. The molecule has 1 amide bonds. The van der Waals surface area contributed by atoms with Crippen molar-refractivity contribution < 1.29 is 4.79 Å². The molecule has 0 spiro atoms. The Morgan fingerprint density at radius 2 is 1.95 bits per heavy atom. The van der Waals surface area contributed by atoms with Crippen molar-refractivity contribution in [3.63, 3.8) is 0 Å². The fraction of sp³-hybridized carbons (Fsp3) is 0.471. The number of allylic oxidation sites excluding steroid dienone is 1. The monoisotopic (exact) mass is 289 g/mol. The van der Waals surface area contributed by atoms with Gasteiger partial charge in [-0.25, -0.2) is 0 Å². The van der Waals surface area contributed by atoms with E-state index in [-0.39, 0.29) is 11.9 Å². The van der Waals surface area contributed by atoms with Crippen molar-refractivity contribution in [2.24, 2.45) is 11.8 Å². The Balaban J connectivity index is 1.83. The molecule has 106 valence electrons. The Kier molecular flexibility index (Phi) is 3.37. The highest BCUT2D eigenvalue weighted by Gasteiger charge is 2.36. The second-order valence-corrected chi connectivity index (χ2v) is 6.54. The van der Waals surface area contributed by atoms with Crippen molar-refractivity contribution >= 4 is 17.5 Å². The average Bonchev–Trinajstić information content (AvgIpc) is 3.02. The van der Waals surface area contributed by atoms with Crippen LogP contribution in [0.5, 0.6) is 0 Å². The number of carbonyl (C=O) groups is 1. The van der Waals surface area contributed by atoms with Crippen LogP contribution in [-0.2, 0) is 0 Å². The van der Waals surface area contributed by atoms with Crippen LogP contribution in [0.3, 0.4) is 0 Å². The maximum absolute atomic E-state index is 12.5. The number of amides is 1. The van der Waals surface area contributed by atoms with Gasteiger partial charge in [-0.2, -0.15) is 0 Å². The zero-order valence-electron chi connectivity index (χ0n) is 12.2. The Morgan fingerprint density at radius 3 is 2.55 bits per heavy atom. The number of hydrogen-bond donors (Lipinski definition) is 1. The first-order valence-corrected chi connectivity index (χ1v) is 7.60. The van der Waals surface area contributed by atoms with Crippen molar-refractivity contribution in [1.29, 1.82) is 0 Å². The van der Waals surface area contributed by atoms with E-state index in [0.717, 1.165) is 23.1 Å². The van der Waals surface area contributed by atoms with E-state index >= 15 is 0 Å². The molecule has 0 radical (unpaired) electrons. The Bertz CT molecular complexity index is 605. The molecule has 0 aromatic heterocycles. The van der Waals surface area contributed by atoms with Gasteiger partial charge in [0, 0.05) is 16.6 Å². The smallest absolute Gasteiger partial charge is 0.251 e. The topological polar surface area (TPSA) is 29.1 Å². The van der Waals surface area contributed by atoms with Gasteiger partial charge in [-0.05, 0) is 68.2 Å². The van der Waals surface area contributed by atoms with E-state index in [1.54, 1.807) is 0 Å². The van der Waals surface area contributed by atoms with Crippen LogP contribution in [0.25, 0.3) is 0 Å². The van der Waals surface area contributed by atoms with Gasteiger partial charge >= 0.3 is 0 Å². The first-order valence-electron chi connectivity index (χ1n) is 7.23. The van der Waals surface area contributed by atoms with E-state index in [4.69, 9.17) is 11.6 Å². The molecule has 20 heavy (non-hydrogen) atoms. The molecule has 2 aliphatic rings. The van der Waals surface area contributed by atoms with Crippen LogP contribution in [-0.4, -0.2) is 11.9 Å². The normalized spacial score (nSPS) is 27.1. The Labute approximate surface area is 125 Å². The number of benzene rings is 1. The molecule has 1 aromatic rings. The average molecular weight is 290 g/mol. The van der Waals surface area contributed by atoms with Gasteiger partial charge in [-0.3, -0.25) is 4.79 Å². The fourth-order valence-electron chi connectivity index (χ4n) is 3.43. The highest BCUT2D eigenvalue weighted by Crippen LogP contribution is 2.39. The van der Waals surface area contributed by atoms with Gasteiger partial charge < -0.3 is 5.32 Å². The SMILES string of the molecule is Cc1cc(C(=O)N[C@H]2CC3C=CC2C3)c(C)c(Cl)c1C. The summed E-state index contributed by atoms with van der Waals surface area (Å²) in [5.74, 6) is 1.19. The van der Waals surface area contributed by atoms with Crippen LogP contribution >= 0.6 is 11.6 Å². The van der Waals surface area contributed by atoms with Gasteiger partial charge in [0.05, 0.1) is 0 Å². The lowest BCUT2D eigenvalue weighted by molar-refractivity contribution is 0.0930. The molecule has 1 saturated carbocycles. The molecule has 3 rings (SSSR count). The van der Waals surface area contributed by atoms with E-state index in [9.17, 15) is 4.79 Å². The highest BCUT2D eigenvalue weighted by atomic mass is 35.5. The summed E-state index contributed by atoms with van der Waals surface area (Å²) in [7, 11) is 0. The molecule has 3 heteroatoms. The number of rotatable bonds is 2. The number of hydrogen-bond acceptors (Lipinski definition) is 1. The quantitative estimate of drug-likeness (QED) is 0.821. The first-order chi connectivity index (χ1) is 9.47. The van der Waals surface area contributed by atoms with E-state index in [0.29, 0.717) is 22.4 Å². The van der Waals surface area contributed by atoms with Crippen LogP contribution in [0.2, 0.25) is 5.02 Å². The summed E-state index contributed by atoms with van der Waals surface area (Å²) < 4.78 is 0. The summed E-state index contributed by atoms with van der Waals surface area (Å²) in [6, 6.07) is 2.24. The molecule has 2 nitrogen and oxygen atoms in total. The van der Waals surface area contributed by atoms with Crippen molar-refractivity contribution in [3.8, 4) is 0 Å². The lowest BCUT2D eigenvalue weighted by Gasteiger charge is -2.21. The fourth-order valence-corrected chi connectivity index (χ4v) is 3.69. The zero-order valence-corrected chi connectivity index (χ0v) is 12.9. The second kappa shape index (κ2) is 4.92. The summed E-state index contributed by atoms with van der Waals surface area (Å²) in [5, 5.41) is 3.90. The molecule has 0 saturated heterocycles. The molecule has 3 atom stereocenters. The summed E-state index contributed by atoms with van der Waals surface area (Å²) in [5.41, 5.74) is 3.72. The summed E-state index contributed by atoms with van der Waals surface area (Å²) in [4.78, 5) is 12.5. The lowest BCUT2D eigenvalue weighted by Crippen LogP contribution is -2.37. The van der Waals surface area contributed by atoms with Crippen molar-refractivity contribution in [1.82, 2.24) is 5.32 Å². The zero-order chi connectivity index (χ0) is 14.4. The summed E-state index contributed by atoms with van der Waals surface area (Å²) in [6.45, 7) is 5.91. The second-order valence-electron chi connectivity index (χ2n) is 6.17. The van der Waals surface area contributed by atoms with Gasteiger partial charge in [-0.15, -0.1) is 0 Å². The summed E-state index contributed by atoms with van der Waals surface area (Å²) >= 11 is 6.32. The molecule has 2 unspecified atom stereocenters. The molecule has 1 N–H and O–H groups in total. The van der Waals surface area contributed by atoms with Crippen LogP contribution in [0.1, 0.15) is 39.9 Å². The Hall–Kier alpha value is -1.28. The standard InChI is InChI=1S/C17H20ClNO/c1-9-6-14(11(3)16(18)10(9)2)17(20)19-15-8-12-4-5-13(15)7-12/h4-6,12-13,15H,7-8H2,1-3H3,(H,19,20)/t12?,13?,15-/m0/s1. The number of carbonyl (C=O) groups excluding carboxylic acids is 1. The number of halogens is 1. The van der Waals surface area contributed by atoms with Crippen molar-refractivity contribution in [3.05, 3.63) is 45.5 Å². The minimum Gasteiger partial charge on any atom is -0.349 e. The van der Waals surface area contributed by atoms with Gasteiger partial charge in [0.1, 0.15) is 0 Å². The maximum Gasteiger partial charge on any atom is 0.251 e. The van der Waals surface area contributed by atoms with Crippen LogP contribution < -0.4 is 5.32 Å². The Morgan fingerprint density at radius 1 is 1.20 bits per heavy atom. The van der Waals surface area contributed by atoms with Gasteiger partial charge in [0.15, 0.2) is 0 Å². The number of fused-ring (bicyclic) bond motifs is 2. The molecule has 2 aliphatic carbocycles. The first kappa shape index (κ1) is 13.7. The van der Waals surface area contributed by atoms with Crippen LogP contribution in [0, 0.1) is 32.6 Å².